The van der Waals surface area contributed by atoms with Crippen molar-refractivity contribution < 1.29 is 14.2 Å². The standard InChI is InChI=1S/C32H49NO4/c1-7-9-11-13-21-33-29-24-27(35-6)18-19-28(29)30(31(32(33)34)36-22-14-12-10-8-2)37-23-20-26(5)17-15-16-25(3)4/h16,18-20,24H,7-15,17,21-23H2,1-6H3/b26-20+. The van der Waals surface area contributed by atoms with E-state index < -0.39 is 0 Å². The molecule has 0 atom stereocenters. The second-order valence-corrected chi connectivity index (χ2v) is 10.1. The van der Waals surface area contributed by atoms with Crippen LogP contribution in [0.3, 0.4) is 0 Å². The summed E-state index contributed by atoms with van der Waals surface area (Å²) in [5.74, 6) is 1.60. The lowest BCUT2D eigenvalue weighted by atomic mass is 10.1. The van der Waals surface area contributed by atoms with E-state index in [4.69, 9.17) is 14.2 Å². The molecule has 2 rings (SSSR count). The minimum Gasteiger partial charge on any atom is -0.497 e. The molecule has 37 heavy (non-hydrogen) atoms. The predicted molar refractivity (Wildman–Crippen MR) is 156 cm³/mol. The van der Waals surface area contributed by atoms with Gasteiger partial charge in [0.05, 0.1) is 19.2 Å². The molecule has 1 aromatic heterocycles. The fourth-order valence-electron chi connectivity index (χ4n) is 4.36. The third kappa shape index (κ3) is 9.94. The molecule has 0 saturated carbocycles. The van der Waals surface area contributed by atoms with E-state index in [1.54, 1.807) is 7.11 Å². The molecule has 0 fully saturated rings. The summed E-state index contributed by atoms with van der Waals surface area (Å²) in [5, 5.41) is 0.884. The number of aromatic nitrogens is 1. The quantitative estimate of drug-likeness (QED) is 0.148. The topological polar surface area (TPSA) is 49.7 Å². The number of hydrogen-bond acceptors (Lipinski definition) is 4. The van der Waals surface area contributed by atoms with Gasteiger partial charge in [0.25, 0.3) is 5.56 Å². The van der Waals surface area contributed by atoms with E-state index in [9.17, 15) is 4.79 Å². The number of benzene rings is 1. The van der Waals surface area contributed by atoms with E-state index >= 15 is 0 Å². The molecule has 5 heteroatoms. The highest BCUT2D eigenvalue weighted by molar-refractivity contribution is 5.89. The largest absolute Gasteiger partial charge is 0.497 e. The van der Waals surface area contributed by atoms with E-state index in [1.165, 1.54) is 17.6 Å². The van der Waals surface area contributed by atoms with Crippen molar-refractivity contribution in [3.63, 3.8) is 0 Å². The fourth-order valence-corrected chi connectivity index (χ4v) is 4.36. The Morgan fingerprint density at radius 2 is 1.62 bits per heavy atom. The Kier molecular flexibility index (Phi) is 14.0. The highest BCUT2D eigenvalue weighted by atomic mass is 16.5. The normalized spacial score (nSPS) is 11.6. The molecule has 206 valence electrons. The fraction of sp³-hybridized carbons (Fsp3) is 0.594. The highest BCUT2D eigenvalue weighted by Crippen LogP contribution is 2.35. The molecule has 0 aliphatic carbocycles. The van der Waals surface area contributed by atoms with E-state index in [0.717, 1.165) is 74.4 Å². The Bertz CT molecular complexity index is 1080. The first-order valence-electron chi connectivity index (χ1n) is 14.2. The van der Waals surface area contributed by atoms with Gasteiger partial charge in [-0.15, -0.1) is 0 Å². The summed E-state index contributed by atoms with van der Waals surface area (Å²) in [7, 11) is 1.65. The van der Waals surface area contributed by atoms with Gasteiger partial charge in [-0.25, -0.2) is 0 Å². The van der Waals surface area contributed by atoms with Crippen LogP contribution < -0.4 is 19.8 Å². The molecule has 0 saturated heterocycles. The van der Waals surface area contributed by atoms with Crippen LogP contribution in [0.15, 0.2) is 46.3 Å². The van der Waals surface area contributed by atoms with Gasteiger partial charge in [-0.05, 0) is 64.7 Å². The van der Waals surface area contributed by atoms with Crippen molar-refractivity contribution in [3.05, 3.63) is 51.9 Å². The number of ether oxygens (including phenoxy) is 3. The number of pyridine rings is 1. The Morgan fingerprint density at radius 3 is 2.30 bits per heavy atom. The molecule has 0 aliphatic rings. The van der Waals surface area contributed by atoms with Crippen molar-refractivity contribution in [2.45, 2.75) is 105 Å². The average Bonchev–Trinajstić information content (AvgIpc) is 2.88. The van der Waals surface area contributed by atoms with Crippen molar-refractivity contribution in [2.75, 3.05) is 20.3 Å². The maximum Gasteiger partial charge on any atom is 0.297 e. The van der Waals surface area contributed by atoms with Gasteiger partial charge in [0, 0.05) is 18.0 Å². The third-order valence-corrected chi connectivity index (χ3v) is 6.62. The molecule has 0 spiro atoms. The Labute approximate surface area is 224 Å². The van der Waals surface area contributed by atoms with E-state index in [0.29, 0.717) is 31.3 Å². The summed E-state index contributed by atoms with van der Waals surface area (Å²) in [6.45, 7) is 12.3. The average molecular weight is 512 g/mol. The van der Waals surface area contributed by atoms with Crippen LogP contribution in [0.5, 0.6) is 17.2 Å². The maximum atomic E-state index is 13.8. The minimum absolute atomic E-state index is 0.119. The minimum atomic E-state index is -0.119. The first-order chi connectivity index (χ1) is 17.9. The molecule has 5 nitrogen and oxygen atoms in total. The van der Waals surface area contributed by atoms with Crippen LogP contribution in [-0.2, 0) is 6.54 Å². The van der Waals surface area contributed by atoms with Gasteiger partial charge in [-0.1, -0.05) is 69.6 Å². The van der Waals surface area contributed by atoms with Crippen molar-refractivity contribution >= 4 is 10.9 Å². The van der Waals surface area contributed by atoms with Crippen LogP contribution in [0.1, 0.15) is 98.8 Å². The molecule has 1 heterocycles. The first kappa shape index (κ1) is 30.5. The van der Waals surface area contributed by atoms with Crippen LogP contribution in [0, 0.1) is 0 Å². The Morgan fingerprint density at radius 1 is 0.892 bits per heavy atom. The number of fused-ring (bicyclic) bond motifs is 1. The second-order valence-electron chi connectivity index (χ2n) is 10.1. The van der Waals surface area contributed by atoms with Gasteiger partial charge in [0.2, 0.25) is 5.75 Å². The number of unbranched alkanes of at least 4 members (excludes halogenated alkanes) is 6. The van der Waals surface area contributed by atoms with E-state index in [-0.39, 0.29) is 5.56 Å². The summed E-state index contributed by atoms with van der Waals surface area (Å²) in [6.07, 6.45) is 15.1. The molecule has 0 amide bonds. The zero-order valence-corrected chi connectivity index (χ0v) is 24.2. The maximum absolute atomic E-state index is 13.8. The molecule has 1 aromatic carbocycles. The van der Waals surface area contributed by atoms with Gasteiger partial charge in [-0.3, -0.25) is 4.79 Å². The lowest BCUT2D eigenvalue weighted by molar-refractivity contribution is 0.272. The number of allylic oxidation sites excluding steroid dienone is 3. The van der Waals surface area contributed by atoms with Crippen molar-refractivity contribution in [3.8, 4) is 17.2 Å². The van der Waals surface area contributed by atoms with Gasteiger partial charge < -0.3 is 18.8 Å². The van der Waals surface area contributed by atoms with Gasteiger partial charge >= 0.3 is 0 Å². The van der Waals surface area contributed by atoms with Crippen LogP contribution >= 0.6 is 0 Å². The predicted octanol–water partition coefficient (Wildman–Crippen LogP) is 8.62. The molecule has 0 aliphatic heterocycles. The highest BCUT2D eigenvalue weighted by Gasteiger charge is 2.20. The van der Waals surface area contributed by atoms with Gasteiger partial charge in [0.15, 0.2) is 5.75 Å². The van der Waals surface area contributed by atoms with Crippen LogP contribution in [0.2, 0.25) is 0 Å². The lowest BCUT2D eigenvalue weighted by Crippen LogP contribution is -2.24. The summed E-state index contributed by atoms with van der Waals surface area (Å²) >= 11 is 0. The number of rotatable bonds is 18. The SMILES string of the molecule is CCCCCCOc1c(OC/C=C(\C)CCC=C(C)C)c2ccc(OC)cc2n(CCCCCC)c1=O. The summed E-state index contributed by atoms with van der Waals surface area (Å²) in [4.78, 5) is 13.8. The Balaban J connectivity index is 2.43. The monoisotopic (exact) mass is 511 g/mol. The number of methoxy groups -OCH3 is 1. The summed E-state index contributed by atoms with van der Waals surface area (Å²) in [5.41, 5.74) is 3.32. The second kappa shape index (κ2) is 16.9. The van der Waals surface area contributed by atoms with Crippen LogP contribution in [0.25, 0.3) is 10.9 Å². The zero-order chi connectivity index (χ0) is 27.0. The molecule has 0 bridgehead atoms. The van der Waals surface area contributed by atoms with Crippen molar-refractivity contribution in [1.29, 1.82) is 0 Å². The summed E-state index contributed by atoms with van der Waals surface area (Å²) < 4.78 is 19.8. The van der Waals surface area contributed by atoms with E-state index in [2.05, 4.69) is 46.8 Å². The molecule has 0 radical (unpaired) electrons. The van der Waals surface area contributed by atoms with Crippen LogP contribution in [-0.4, -0.2) is 24.9 Å². The first-order valence-corrected chi connectivity index (χ1v) is 14.2. The number of aryl methyl sites for hydroxylation is 1. The number of hydrogen-bond donors (Lipinski definition) is 0. The van der Waals surface area contributed by atoms with Crippen LogP contribution in [0.4, 0.5) is 0 Å². The van der Waals surface area contributed by atoms with Gasteiger partial charge in [-0.2, -0.15) is 0 Å². The smallest absolute Gasteiger partial charge is 0.297 e. The molecule has 0 N–H and O–H groups in total. The molecule has 0 unspecified atom stereocenters. The molecule has 2 aromatic rings. The third-order valence-electron chi connectivity index (χ3n) is 6.62. The van der Waals surface area contributed by atoms with Crippen molar-refractivity contribution in [2.24, 2.45) is 0 Å². The molecular weight excluding hydrogens is 462 g/mol. The van der Waals surface area contributed by atoms with Gasteiger partial charge in [0.1, 0.15) is 12.4 Å². The zero-order valence-electron chi connectivity index (χ0n) is 24.2. The lowest BCUT2D eigenvalue weighted by Gasteiger charge is -2.19. The molecular formula is C32H49NO4. The van der Waals surface area contributed by atoms with E-state index in [1.807, 2.05) is 22.8 Å². The Hall–Kier alpha value is -2.69. The number of nitrogens with zero attached hydrogens (tertiary/aromatic N) is 1. The summed E-state index contributed by atoms with van der Waals surface area (Å²) in [6, 6.07) is 5.85. The van der Waals surface area contributed by atoms with Crippen molar-refractivity contribution in [1.82, 2.24) is 4.57 Å².